The largest absolute Gasteiger partial charge is 0.484 e. The predicted molar refractivity (Wildman–Crippen MR) is 77.2 cm³/mol. The molecular weight excluding hydrogens is 372 g/mol. The van der Waals surface area contributed by atoms with Crippen molar-refractivity contribution in [1.29, 1.82) is 0 Å². The summed E-state index contributed by atoms with van der Waals surface area (Å²) in [5, 5.41) is 7.02. The molecule has 0 aliphatic rings. The topological polar surface area (TPSA) is 109 Å². The first-order chi connectivity index (χ1) is 11.9. The van der Waals surface area contributed by atoms with E-state index in [2.05, 4.69) is 24.7 Å². The lowest BCUT2D eigenvalue weighted by Gasteiger charge is -2.15. The Hall–Kier alpha value is -2.99. The molecule has 13 heteroatoms. The highest BCUT2D eigenvalue weighted by Gasteiger charge is 2.30. The molecule has 0 atom stereocenters. The van der Waals surface area contributed by atoms with E-state index in [0.717, 1.165) is 18.2 Å². The second kappa shape index (κ2) is 7.09. The van der Waals surface area contributed by atoms with E-state index in [4.69, 9.17) is 11.5 Å². The Balaban J connectivity index is 2.41. The number of nitrogen functional groups attached to an aromatic ring is 2. The lowest BCUT2D eigenvalue weighted by molar-refractivity contribution is -0.154. The van der Waals surface area contributed by atoms with Crippen molar-refractivity contribution in [3.63, 3.8) is 0 Å². The maximum atomic E-state index is 12.4. The van der Waals surface area contributed by atoms with E-state index in [-0.39, 0.29) is 34.5 Å². The van der Waals surface area contributed by atoms with Crippen LogP contribution < -0.4 is 20.9 Å². The number of hydrogen-bond donors (Lipinski definition) is 2. The van der Waals surface area contributed by atoms with Crippen LogP contribution in [0.3, 0.4) is 0 Å². The zero-order valence-electron chi connectivity index (χ0n) is 12.7. The molecule has 0 amide bonds. The van der Waals surface area contributed by atoms with Crippen LogP contribution in [0.4, 0.5) is 38.1 Å². The highest BCUT2D eigenvalue weighted by molar-refractivity contribution is 5.76. The van der Waals surface area contributed by atoms with Gasteiger partial charge in [0, 0.05) is 0 Å². The molecule has 1 aromatic heterocycles. The van der Waals surface area contributed by atoms with Gasteiger partial charge >= 0.3 is 12.4 Å². The Bertz CT molecular complexity index is 781. The summed E-state index contributed by atoms with van der Waals surface area (Å²) in [7, 11) is 0. The summed E-state index contributed by atoms with van der Waals surface area (Å²) in [6.45, 7) is -3.24. The van der Waals surface area contributed by atoms with Gasteiger partial charge in [0.05, 0.1) is 5.56 Å². The molecular formula is C13H11F6N5O2. The number of halogens is 6. The van der Waals surface area contributed by atoms with Crippen molar-refractivity contribution in [3.05, 3.63) is 18.2 Å². The van der Waals surface area contributed by atoms with Gasteiger partial charge in [-0.2, -0.15) is 31.3 Å². The fourth-order valence-electron chi connectivity index (χ4n) is 1.78. The zero-order valence-corrected chi connectivity index (χ0v) is 12.7. The Kier molecular flexibility index (Phi) is 5.28. The molecule has 0 saturated carbocycles. The van der Waals surface area contributed by atoms with Gasteiger partial charge in [0.25, 0.3) is 0 Å². The van der Waals surface area contributed by atoms with Gasteiger partial charge < -0.3 is 20.9 Å². The maximum absolute atomic E-state index is 12.4. The van der Waals surface area contributed by atoms with Gasteiger partial charge in [0.2, 0.25) is 5.95 Å². The summed E-state index contributed by atoms with van der Waals surface area (Å²) in [6.07, 6.45) is -9.24. The summed E-state index contributed by atoms with van der Waals surface area (Å²) < 4.78 is 83.2. The molecule has 2 rings (SSSR count). The highest BCUT2D eigenvalue weighted by Crippen LogP contribution is 2.36. The lowest BCUT2D eigenvalue weighted by Crippen LogP contribution is -2.20. The number of aromatic nitrogens is 3. The molecule has 0 radical (unpaired) electrons. The van der Waals surface area contributed by atoms with E-state index in [1.807, 2.05) is 0 Å². The normalized spacial score (nSPS) is 12.1. The van der Waals surface area contributed by atoms with Gasteiger partial charge in [0.15, 0.2) is 19.0 Å². The Morgan fingerprint density at radius 1 is 0.885 bits per heavy atom. The first-order valence-electron chi connectivity index (χ1n) is 6.74. The first-order valence-corrected chi connectivity index (χ1v) is 6.74. The van der Waals surface area contributed by atoms with Crippen LogP contribution in [0.2, 0.25) is 0 Å². The Morgan fingerprint density at radius 2 is 1.50 bits per heavy atom. The highest BCUT2D eigenvalue weighted by atomic mass is 19.4. The molecule has 0 aliphatic carbocycles. The average Bonchev–Trinajstić information content (AvgIpc) is 2.50. The molecule has 0 spiro atoms. The summed E-state index contributed by atoms with van der Waals surface area (Å²) in [5.41, 5.74) is 10.5. The monoisotopic (exact) mass is 383 g/mol. The predicted octanol–water partition coefficient (Wildman–Crippen LogP) is 2.59. The minimum atomic E-state index is -4.64. The van der Waals surface area contributed by atoms with Crippen molar-refractivity contribution < 1.29 is 35.8 Å². The molecule has 0 aliphatic heterocycles. The first kappa shape index (κ1) is 19.3. The summed E-state index contributed by atoms with van der Waals surface area (Å²) in [4.78, 5) is 3.60. The molecule has 4 N–H and O–H groups in total. The SMILES string of the molecule is Nc1nnc(-c2cc(OCC(F)(F)F)ccc2OCC(F)(F)F)c(N)n1. The summed E-state index contributed by atoms with van der Waals surface area (Å²) in [6, 6.07) is 2.98. The number of ether oxygens (including phenoxy) is 2. The zero-order chi connectivity index (χ0) is 19.5. The van der Waals surface area contributed by atoms with Gasteiger partial charge in [-0.15, -0.1) is 10.2 Å². The van der Waals surface area contributed by atoms with E-state index < -0.39 is 25.6 Å². The number of nitrogens with zero attached hydrogens (tertiary/aromatic N) is 3. The van der Waals surface area contributed by atoms with Crippen LogP contribution in [-0.4, -0.2) is 40.7 Å². The summed E-state index contributed by atoms with van der Waals surface area (Å²) in [5.74, 6) is -1.25. The molecule has 142 valence electrons. The standard InChI is InChI=1S/C13H11F6N5O2/c14-12(15,16)4-25-6-1-2-8(26-5-13(17,18)19)7(3-6)9-10(20)22-11(21)24-23-9/h1-3H,4-5H2,(H4,20,21,22,24). The minimum Gasteiger partial charge on any atom is -0.484 e. The van der Waals surface area contributed by atoms with Gasteiger partial charge in [-0.05, 0) is 18.2 Å². The number of rotatable bonds is 5. The lowest BCUT2D eigenvalue weighted by atomic mass is 10.1. The van der Waals surface area contributed by atoms with Crippen molar-refractivity contribution in [1.82, 2.24) is 15.2 Å². The van der Waals surface area contributed by atoms with Gasteiger partial charge in [-0.25, -0.2) is 0 Å². The molecule has 0 saturated heterocycles. The van der Waals surface area contributed by atoms with Crippen molar-refractivity contribution in [2.24, 2.45) is 0 Å². The van der Waals surface area contributed by atoms with Crippen LogP contribution in [0.1, 0.15) is 0 Å². The van der Waals surface area contributed by atoms with Crippen molar-refractivity contribution >= 4 is 11.8 Å². The molecule has 2 aromatic rings. The number of anilines is 2. The van der Waals surface area contributed by atoms with Crippen LogP contribution in [-0.2, 0) is 0 Å². The van der Waals surface area contributed by atoms with Crippen LogP contribution in [0.5, 0.6) is 11.5 Å². The van der Waals surface area contributed by atoms with Crippen LogP contribution in [0.25, 0.3) is 11.3 Å². The molecule has 7 nitrogen and oxygen atoms in total. The van der Waals surface area contributed by atoms with E-state index in [1.165, 1.54) is 0 Å². The number of benzene rings is 1. The molecule has 0 unspecified atom stereocenters. The fourth-order valence-corrected chi connectivity index (χ4v) is 1.78. The minimum absolute atomic E-state index is 0.188. The molecule has 1 aromatic carbocycles. The van der Waals surface area contributed by atoms with Crippen molar-refractivity contribution in [2.75, 3.05) is 24.7 Å². The second-order valence-corrected chi connectivity index (χ2v) is 4.87. The maximum Gasteiger partial charge on any atom is 0.422 e. The third-order valence-corrected chi connectivity index (χ3v) is 2.73. The fraction of sp³-hybridized carbons (Fsp3) is 0.308. The summed E-state index contributed by atoms with van der Waals surface area (Å²) >= 11 is 0. The smallest absolute Gasteiger partial charge is 0.422 e. The van der Waals surface area contributed by atoms with Gasteiger partial charge in [-0.1, -0.05) is 0 Å². The molecule has 0 bridgehead atoms. The van der Waals surface area contributed by atoms with E-state index >= 15 is 0 Å². The van der Waals surface area contributed by atoms with E-state index in [1.54, 1.807) is 0 Å². The van der Waals surface area contributed by atoms with Crippen LogP contribution in [0, 0.1) is 0 Å². The molecule has 26 heavy (non-hydrogen) atoms. The quantitative estimate of drug-likeness (QED) is 0.764. The van der Waals surface area contributed by atoms with Gasteiger partial charge in [0.1, 0.15) is 17.2 Å². The third kappa shape index (κ3) is 5.53. The molecule has 1 heterocycles. The Labute approximate surface area is 141 Å². The number of nitrogens with two attached hydrogens (primary N) is 2. The number of hydrogen-bond acceptors (Lipinski definition) is 7. The van der Waals surface area contributed by atoms with Crippen LogP contribution in [0.15, 0.2) is 18.2 Å². The second-order valence-electron chi connectivity index (χ2n) is 4.87. The third-order valence-electron chi connectivity index (χ3n) is 2.73. The van der Waals surface area contributed by atoms with Crippen molar-refractivity contribution in [3.8, 4) is 22.8 Å². The van der Waals surface area contributed by atoms with E-state index in [0.29, 0.717) is 0 Å². The van der Waals surface area contributed by atoms with Gasteiger partial charge in [-0.3, -0.25) is 0 Å². The average molecular weight is 383 g/mol. The molecule has 0 fully saturated rings. The van der Waals surface area contributed by atoms with Crippen molar-refractivity contribution in [2.45, 2.75) is 12.4 Å². The number of alkyl halides is 6. The Morgan fingerprint density at radius 3 is 2.08 bits per heavy atom. The van der Waals surface area contributed by atoms with Crippen LogP contribution >= 0.6 is 0 Å². The van der Waals surface area contributed by atoms with E-state index in [9.17, 15) is 26.3 Å².